The van der Waals surface area contributed by atoms with Gasteiger partial charge in [0.2, 0.25) is 0 Å². The van der Waals surface area contributed by atoms with Crippen LogP contribution in [0.2, 0.25) is 0 Å². The van der Waals surface area contributed by atoms with Crippen LogP contribution < -0.4 is 0 Å². The molecule has 19 heavy (non-hydrogen) atoms. The number of para-hydroxylation sites is 2. The average molecular weight is 302 g/mol. The summed E-state index contributed by atoms with van der Waals surface area (Å²) in [6, 6.07) is 19.1. The fourth-order valence-corrected chi connectivity index (χ4v) is 1.97. The Kier molecular flexibility index (Phi) is 4.13. The molecular formula is C15H12N2OZn. The molecular weight excluding hydrogens is 290 g/mol. The third kappa shape index (κ3) is 2.59. The van der Waals surface area contributed by atoms with Crippen molar-refractivity contribution < 1.29 is 24.6 Å². The van der Waals surface area contributed by atoms with Crippen LogP contribution in [0.5, 0.6) is 5.75 Å². The molecule has 0 fully saturated rings. The van der Waals surface area contributed by atoms with E-state index in [-0.39, 0.29) is 25.2 Å². The minimum Gasteiger partial charge on any atom is -0.506 e. The third-order valence-corrected chi connectivity index (χ3v) is 2.82. The molecule has 1 heterocycles. The van der Waals surface area contributed by atoms with Crippen molar-refractivity contribution in [1.82, 2.24) is 9.78 Å². The molecule has 0 aliphatic heterocycles. The summed E-state index contributed by atoms with van der Waals surface area (Å²) in [4.78, 5) is 0. The van der Waals surface area contributed by atoms with E-state index in [0.29, 0.717) is 5.69 Å². The van der Waals surface area contributed by atoms with Gasteiger partial charge in [-0.1, -0.05) is 42.5 Å². The van der Waals surface area contributed by atoms with Crippen molar-refractivity contribution in [3.8, 4) is 22.7 Å². The summed E-state index contributed by atoms with van der Waals surface area (Å²) in [5.41, 5.74) is 2.71. The van der Waals surface area contributed by atoms with Crippen LogP contribution in [0.15, 0.2) is 66.9 Å². The Morgan fingerprint density at radius 2 is 1.53 bits per heavy atom. The monoisotopic (exact) mass is 300 g/mol. The number of hydrogen-bond donors (Lipinski definition) is 1. The molecule has 3 nitrogen and oxygen atoms in total. The second-order valence-electron chi connectivity index (χ2n) is 3.98. The maximum Gasteiger partial charge on any atom is 0.141 e. The standard InChI is InChI=1S/C15H12N2O.Zn/c18-15-9-5-4-8-14(15)17-13(10-11-16-17)12-6-2-1-3-7-12;/h1-11,18H;. The predicted molar refractivity (Wildman–Crippen MR) is 70.7 cm³/mol. The molecule has 1 aromatic heterocycles. The summed E-state index contributed by atoms with van der Waals surface area (Å²) in [5, 5.41) is 14.2. The van der Waals surface area contributed by atoms with Gasteiger partial charge in [0.25, 0.3) is 0 Å². The first-order valence-electron chi connectivity index (χ1n) is 5.74. The van der Waals surface area contributed by atoms with Crippen molar-refractivity contribution in [2.75, 3.05) is 0 Å². The van der Waals surface area contributed by atoms with Crippen LogP contribution in [-0.4, -0.2) is 14.9 Å². The molecule has 0 saturated heterocycles. The SMILES string of the molecule is Oc1ccccc1-n1nccc1-c1ccccc1.[Zn]. The van der Waals surface area contributed by atoms with E-state index in [1.165, 1.54) is 0 Å². The van der Waals surface area contributed by atoms with Crippen LogP contribution >= 0.6 is 0 Å². The van der Waals surface area contributed by atoms with Gasteiger partial charge in [0.05, 0.1) is 11.9 Å². The number of rotatable bonds is 2. The maximum absolute atomic E-state index is 9.89. The molecule has 3 aromatic rings. The van der Waals surface area contributed by atoms with E-state index >= 15 is 0 Å². The smallest absolute Gasteiger partial charge is 0.141 e. The molecule has 0 atom stereocenters. The number of aromatic nitrogens is 2. The molecule has 0 amide bonds. The Hall–Kier alpha value is -1.93. The van der Waals surface area contributed by atoms with E-state index in [1.807, 2.05) is 48.5 Å². The Morgan fingerprint density at radius 1 is 0.842 bits per heavy atom. The number of phenols is 1. The van der Waals surface area contributed by atoms with Crippen LogP contribution in [0.1, 0.15) is 0 Å². The molecule has 0 aliphatic rings. The minimum atomic E-state index is 0. The van der Waals surface area contributed by atoms with E-state index in [1.54, 1.807) is 23.0 Å². The Labute approximate surface area is 124 Å². The predicted octanol–water partition coefficient (Wildman–Crippen LogP) is 3.24. The Morgan fingerprint density at radius 3 is 2.26 bits per heavy atom. The first kappa shape index (κ1) is 13.5. The van der Waals surface area contributed by atoms with Gasteiger partial charge in [-0.2, -0.15) is 5.10 Å². The molecule has 0 saturated carbocycles. The Balaban J connectivity index is 0.00000133. The first-order chi connectivity index (χ1) is 8.86. The van der Waals surface area contributed by atoms with E-state index in [0.717, 1.165) is 11.3 Å². The van der Waals surface area contributed by atoms with Gasteiger partial charge in [-0.05, 0) is 18.2 Å². The van der Waals surface area contributed by atoms with Crippen LogP contribution in [0.25, 0.3) is 16.9 Å². The molecule has 0 aliphatic carbocycles. The van der Waals surface area contributed by atoms with Gasteiger partial charge in [-0.15, -0.1) is 0 Å². The van der Waals surface area contributed by atoms with Gasteiger partial charge in [-0.3, -0.25) is 0 Å². The van der Waals surface area contributed by atoms with Crippen molar-refractivity contribution in [2.24, 2.45) is 0 Å². The number of hydrogen-bond acceptors (Lipinski definition) is 2. The van der Waals surface area contributed by atoms with Crippen LogP contribution in [-0.2, 0) is 19.5 Å². The quantitative estimate of drug-likeness (QED) is 0.738. The Bertz CT molecular complexity index is 665. The molecule has 0 radical (unpaired) electrons. The summed E-state index contributed by atoms with van der Waals surface area (Å²) in [6.45, 7) is 0. The molecule has 0 bridgehead atoms. The molecule has 0 spiro atoms. The maximum atomic E-state index is 9.89. The zero-order chi connectivity index (χ0) is 12.4. The number of nitrogens with zero attached hydrogens (tertiary/aromatic N) is 2. The van der Waals surface area contributed by atoms with Crippen molar-refractivity contribution in [1.29, 1.82) is 0 Å². The van der Waals surface area contributed by atoms with Crippen molar-refractivity contribution in [3.63, 3.8) is 0 Å². The van der Waals surface area contributed by atoms with Gasteiger partial charge < -0.3 is 5.11 Å². The fourth-order valence-electron chi connectivity index (χ4n) is 1.97. The van der Waals surface area contributed by atoms with Gasteiger partial charge in [-0.25, -0.2) is 4.68 Å². The molecule has 4 heteroatoms. The second kappa shape index (κ2) is 5.81. The molecule has 1 N–H and O–H groups in total. The normalized spacial score (nSPS) is 9.89. The van der Waals surface area contributed by atoms with Crippen LogP contribution in [0, 0.1) is 0 Å². The topological polar surface area (TPSA) is 38.0 Å². The molecule has 90 valence electrons. The van der Waals surface area contributed by atoms with E-state index in [4.69, 9.17) is 0 Å². The summed E-state index contributed by atoms with van der Waals surface area (Å²) in [7, 11) is 0. The second-order valence-corrected chi connectivity index (χ2v) is 3.98. The largest absolute Gasteiger partial charge is 0.506 e. The summed E-state index contributed by atoms with van der Waals surface area (Å²) in [5.74, 6) is 0.221. The van der Waals surface area contributed by atoms with Gasteiger partial charge >= 0.3 is 0 Å². The van der Waals surface area contributed by atoms with Crippen molar-refractivity contribution in [3.05, 3.63) is 66.9 Å². The fraction of sp³-hybridized carbons (Fsp3) is 0. The van der Waals surface area contributed by atoms with E-state index < -0.39 is 0 Å². The van der Waals surface area contributed by atoms with E-state index in [9.17, 15) is 5.11 Å². The summed E-state index contributed by atoms with van der Waals surface area (Å²) >= 11 is 0. The zero-order valence-electron chi connectivity index (χ0n) is 10.4. The number of benzene rings is 2. The average Bonchev–Trinajstić information content (AvgIpc) is 2.89. The van der Waals surface area contributed by atoms with Crippen molar-refractivity contribution >= 4 is 0 Å². The third-order valence-electron chi connectivity index (χ3n) is 2.82. The minimum absolute atomic E-state index is 0. The summed E-state index contributed by atoms with van der Waals surface area (Å²) < 4.78 is 1.74. The van der Waals surface area contributed by atoms with Gasteiger partial charge in [0.1, 0.15) is 11.4 Å². The van der Waals surface area contributed by atoms with E-state index in [2.05, 4.69) is 5.10 Å². The van der Waals surface area contributed by atoms with Crippen molar-refractivity contribution in [2.45, 2.75) is 0 Å². The van der Waals surface area contributed by atoms with Crippen LogP contribution in [0.3, 0.4) is 0 Å². The molecule has 3 rings (SSSR count). The van der Waals surface area contributed by atoms with Crippen LogP contribution in [0.4, 0.5) is 0 Å². The molecule has 0 unspecified atom stereocenters. The zero-order valence-corrected chi connectivity index (χ0v) is 13.4. The number of aromatic hydroxyl groups is 1. The molecule has 2 aromatic carbocycles. The first-order valence-corrected chi connectivity index (χ1v) is 5.74. The number of phenolic OH excluding ortho intramolecular Hbond substituents is 1. The van der Waals surface area contributed by atoms with Gasteiger partial charge in [0, 0.05) is 25.0 Å². The van der Waals surface area contributed by atoms with Gasteiger partial charge in [0.15, 0.2) is 0 Å². The summed E-state index contributed by atoms with van der Waals surface area (Å²) in [6.07, 6.45) is 1.73.